The summed E-state index contributed by atoms with van der Waals surface area (Å²) in [4.78, 5) is 40.9. The predicted molar refractivity (Wildman–Crippen MR) is 134 cm³/mol. The highest BCUT2D eigenvalue weighted by molar-refractivity contribution is 6.11. The number of anilines is 1. The zero-order chi connectivity index (χ0) is 24.4. The first kappa shape index (κ1) is 21.4. The Morgan fingerprint density at radius 3 is 2.69 bits per heavy atom. The van der Waals surface area contributed by atoms with Crippen molar-refractivity contribution in [3.63, 3.8) is 0 Å². The molecule has 0 unspecified atom stereocenters. The van der Waals surface area contributed by atoms with Gasteiger partial charge in [-0.1, -0.05) is 32.0 Å². The number of aromatic nitrogens is 1. The molecular weight excluding hydrogens is 442 g/mol. The van der Waals surface area contributed by atoms with Gasteiger partial charge in [0.15, 0.2) is 5.43 Å². The van der Waals surface area contributed by atoms with Crippen molar-refractivity contribution in [1.29, 1.82) is 0 Å². The smallest absolute Gasteiger partial charge is 0.259 e. The van der Waals surface area contributed by atoms with Gasteiger partial charge in [-0.15, -0.1) is 0 Å². The van der Waals surface area contributed by atoms with Crippen molar-refractivity contribution >= 4 is 39.4 Å². The highest BCUT2D eigenvalue weighted by atomic mass is 16.3. The average Bonchev–Trinajstić information content (AvgIpc) is 3.30. The molecule has 0 radical (unpaired) electrons. The number of hydrogen-bond donors (Lipinski definition) is 1. The SMILES string of the molecule is CC(=O)N1CC2=C(C1=O)[C@@H](c1coc3ccccc3c1=O)c1cn(CC(C)C)c3cccc(c13)N2. The summed E-state index contributed by atoms with van der Waals surface area (Å²) in [6.45, 7) is 6.63. The van der Waals surface area contributed by atoms with Crippen LogP contribution in [0.5, 0.6) is 0 Å². The fourth-order valence-electron chi connectivity index (χ4n) is 5.43. The Morgan fingerprint density at radius 2 is 1.91 bits per heavy atom. The molecule has 0 fully saturated rings. The van der Waals surface area contributed by atoms with Crippen molar-refractivity contribution in [2.75, 3.05) is 11.9 Å². The van der Waals surface area contributed by atoms with E-state index in [9.17, 15) is 14.4 Å². The van der Waals surface area contributed by atoms with Crippen LogP contribution in [0.1, 0.15) is 37.8 Å². The van der Waals surface area contributed by atoms with Gasteiger partial charge in [0.1, 0.15) is 5.58 Å². The quantitative estimate of drug-likeness (QED) is 0.476. The predicted octanol–water partition coefficient (Wildman–Crippen LogP) is 4.60. The lowest BCUT2D eigenvalue weighted by atomic mass is 9.84. The molecular formula is C28H25N3O4. The van der Waals surface area contributed by atoms with Crippen LogP contribution in [0, 0.1) is 5.92 Å². The van der Waals surface area contributed by atoms with Crippen LogP contribution in [0.3, 0.4) is 0 Å². The van der Waals surface area contributed by atoms with E-state index in [1.807, 2.05) is 18.2 Å². The van der Waals surface area contributed by atoms with Gasteiger partial charge < -0.3 is 14.3 Å². The van der Waals surface area contributed by atoms with Gasteiger partial charge >= 0.3 is 0 Å². The monoisotopic (exact) mass is 467 g/mol. The molecule has 0 bridgehead atoms. The van der Waals surface area contributed by atoms with Crippen LogP contribution in [0.2, 0.25) is 0 Å². The summed E-state index contributed by atoms with van der Waals surface area (Å²) in [6, 6.07) is 13.1. The van der Waals surface area contributed by atoms with E-state index in [-0.39, 0.29) is 23.8 Å². The van der Waals surface area contributed by atoms with Crippen molar-refractivity contribution < 1.29 is 14.0 Å². The Bertz CT molecular complexity index is 1640. The molecule has 2 aliphatic rings. The fraction of sp³-hybridized carbons (Fsp3) is 0.250. The number of imide groups is 1. The van der Waals surface area contributed by atoms with E-state index in [0.29, 0.717) is 33.7 Å². The number of fused-ring (bicyclic) bond motifs is 1. The molecule has 2 aliphatic heterocycles. The lowest BCUT2D eigenvalue weighted by Crippen LogP contribution is -2.33. The van der Waals surface area contributed by atoms with Crippen molar-refractivity contribution in [2.45, 2.75) is 33.2 Å². The second-order valence-electron chi connectivity index (χ2n) is 9.71. The molecule has 0 spiro atoms. The zero-order valence-electron chi connectivity index (χ0n) is 19.8. The Balaban J connectivity index is 1.68. The van der Waals surface area contributed by atoms with E-state index in [4.69, 9.17) is 4.42 Å². The zero-order valence-corrected chi connectivity index (χ0v) is 19.8. The Morgan fingerprint density at radius 1 is 1.11 bits per heavy atom. The third kappa shape index (κ3) is 3.15. The van der Waals surface area contributed by atoms with Gasteiger partial charge in [0.2, 0.25) is 5.91 Å². The topological polar surface area (TPSA) is 84.6 Å². The molecule has 7 nitrogen and oxygen atoms in total. The minimum Gasteiger partial charge on any atom is -0.464 e. The lowest BCUT2D eigenvalue weighted by Gasteiger charge is -2.19. The van der Waals surface area contributed by atoms with E-state index in [2.05, 4.69) is 36.0 Å². The number of nitrogens with one attached hydrogen (secondary N) is 1. The summed E-state index contributed by atoms with van der Waals surface area (Å²) in [7, 11) is 0. The van der Waals surface area contributed by atoms with Crippen LogP contribution < -0.4 is 10.7 Å². The third-order valence-electron chi connectivity index (χ3n) is 6.90. The number of carbonyl (C=O) groups is 2. The number of para-hydroxylation sites is 1. The summed E-state index contributed by atoms with van der Waals surface area (Å²) in [5.74, 6) is -0.979. The third-order valence-corrected chi connectivity index (χ3v) is 6.90. The Labute approximate surface area is 201 Å². The minimum atomic E-state index is -0.672. The van der Waals surface area contributed by atoms with Crippen LogP contribution in [-0.4, -0.2) is 27.8 Å². The average molecular weight is 468 g/mol. The Kier molecular flexibility index (Phi) is 4.71. The maximum absolute atomic E-state index is 13.8. The van der Waals surface area contributed by atoms with Crippen LogP contribution in [-0.2, 0) is 16.1 Å². The molecule has 35 heavy (non-hydrogen) atoms. The maximum Gasteiger partial charge on any atom is 0.259 e. The van der Waals surface area contributed by atoms with Gasteiger partial charge in [0.05, 0.1) is 35.2 Å². The number of nitrogens with zero attached hydrogens (tertiary/aromatic N) is 2. The molecule has 2 aromatic heterocycles. The largest absolute Gasteiger partial charge is 0.464 e. The van der Waals surface area contributed by atoms with Crippen molar-refractivity contribution in [1.82, 2.24) is 9.47 Å². The van der Waals surface area contributed by atoms with Crippen LogP contribution in [0.4, 0.5) is 5.69 Å². The molecule has 1 N–H and O–H groups in total. The number of hydrogen-bond acceptors (Lipinski definition) is 5. The van der Waals surface area contributed by atoms with Crippen molar-refractivity contribution in [3.8, 4) is 0 Å². The minimum absolute atomic E-state index is 0.144. The first-order chi connectivity index (χ1) is 16.8. The summed E-state index contributed by atoms with van der Waals surface area (Å²) in [5.41, 5.74) is 4.51. The van der Waals surface area contributed by atoms with E-state index >= 15 is 0 Å². The van der Waals surface area contributed by atoms with Gasteiger partial charge in [-0.05, 0) is 35.7 Å². The first-order valence-corrected chi connectivity index (χ1v) is 11.8. The second-order valence-corrected chi connectivity index (χ2v) is 9.71. The van der Waals surface area contributed by atoms with Crippen LogP contribution in [0.25, 0.3) is 21.9 Å². The summed E-state index contributed by atoms with van der Waals surface area (Å²) in [5, 5.41) is 4.88. The molecule has 4 aromatic rings. The van der Waals surface area contributed by atoms with Crippen LogP contribution >= 0.6 is 0 Å². The number of benzene rings is 2. The molecule has 2 amide bonds. The fourth-order valence-corrected chi connectivity index (χ4v) is 5.43. The molecule has 0 saturated carbocycles. The van der Waals surface area contributed by atoms with Crippen LogP contribution in [0.15, 0.2) is 75.4 Å². The van der Waals surface area contributed by atoms with Gasteiger partial charge in [-0.3, -0.25) is 19.3 Å². The molecule has 1 atom stereocenters. The van der Waals surface area contributed by atoms with Gasteiger partial charge in [0.25, 0.3) is 5.91 Å². The van der Waals surface area contributed by atoms with Crippen molar-refractivity contribution in [2.24, 2.45) is 5.92 Å². The number of amides is 2. The molecule has 4 heterocycles. The molecule has 176 valence electrons. The molecule has 7 heteroatoms. The van der Waals surface area contributed by atoms with E-state index in [0.717, 1.165) is 28.7 Å². The second kappa shape index (κ2) is 7.70. The molecule has 6 rings (SSSR count). The maximum atomic E-state index is 13.8. The highest BCUT2D eigenvalue weighted by Crippen LogP contribution is 2.46. The van der Waals surface area contributed by atoms with Gasteiger partial charge in [0, 0.05) is 42.0 Å². The molecule has 2 aromatic carbocycles. The number of rotatable bonds is 3. The van der Waals surface area contributed by atoms with Gasteiger partial charge in [-0.25, -0.2) is 0 Å². The standard InChI is InChI=1S/C28H25N3O4/c1-15(2)11-30-12-18-24(19-14-35-23-10-5-4-7-17(23)27(19)33)26-21(13-31(16(3)32)28(26)34)29-20-8-6-9-22(30)25(18)20/h4-10,12,14-15,24,29H,11,13H2,1-3H3/t24-/m1/s1. The highest BCUT2D eigenvalue weighted by Gasteiger charge is 2.42. The lowest BCUT2D eigenvalue weighted by molar-refractivity contribution is -0.139. The summed E-state index contributed by atoms with van der Waals surface area (Å²) >= 11 is 0. The van der Waals surface area contributed by atoms with E-state index in [1.54, 1.807) is 18.2 Å². The first-order valence-electron chi connectivity index (χ1n) is 11.8. The summed E-state index contributed by atoms with van der Waals surface area (Å²) in [6.07, 6.45) is 3.53. The Hall–Kier alpha value is -4.13. The normalized spacial score (nSPS) is 17.3. The van der Waals surface area contributed by atoms with Crippen molar-refractivity contribution in [3.05, 3.63) is 87.5 Å². The van der Waals surface area contributed by atoms with E-state index < -0.39 is 5.92 Å². The van der Waals surface area contributed by atoms with E-state index in [1.165, 1.54) is 18.1 Å². The van der Waals surface area contributed by atoms with Gasteiger partial charge in [-0.2, -0.15) is 0 Å². The molecule has 0 saturated heterocycles. The number of carbonyl (C=O) groups excluding carboxylic acids is 2. The summed E-state index contributed by atoms with van der Waals surface area (Å²) < 4.78 is 8.07. The molecule has 0 aliphatic carbocycles.